The van der Waals surface area contributed by atoms with E-state index in [0.717, 1.165) is 10.0 Å². The fourth-order valence-electron chi connectivity index (χ4n) is 2.76. The van der Waals surface area contributed by atoms with Crippen molar-refractivity contribution in [2.45, 2.75) is 6.92 Å². The van der Waals surface area contributed by atoms with Gasteiger partial charge in [-0.1, -0.05) is 46.3 Å². The number of nitrogens with one attached hydrogen (secondary N) is 2. The van der Waals surface area contributed by atoms with E-state index < -0.39 is 5.91 Å². The van der Waals surface area contributed by atoms with Crippen LogP contribution < -0.4 is 15.4 Å². The van der Waals surface area contributed by atoms with Crippen molar-refractivity contribution in [3.05, 3.63) is 94.0 Å². The molecule has 6 nitrogen and oxygen atoms in total. The number of ether oxygens (including phenoxy) is 1. The molecule has 0 radical (unpaired) electrons. The van der Waals surface area contributed by atoms with Gasteiger partial charge in [-0.3, -0.25) is 9.59 Å². The molecule has 3 rings (SSSR count). The van der Waals surface area contributed by atoms with Gasteiger partial charge in [-0.2, -0.15) is 5.26 Å². The summed E-state index contributed by atoms with van der Waals surface area (Å²) in [5.74, 6) is -0.265. The topological polar surface area (TPSA) is 91.2 Å². The van der Waals surface area contributed by atoms with Gasteiger partial charge in [0.25, 0.3) is 11.8 Å². The third kappa shape index (κ3) is 6.56. The Bertz CT molecular complexity index is 1180. The number of aryl methyl sites for hydroxylation is 1. The van der Waals surface area contributed by atoms with Gasteiger partial charge in [-0.25, -0.2) is 0 Å². The lowest BCUT2D eigenvalue weighted by atomic mass is 10.1. The van der Waals surface area contributed by atoms with Gasteiger partial charge in [0.15, 0.2) is 6.61 Å². The normalized spacial score (nSPS) is 10.7. The van der Waals surface area contributed by atoms with Gasteiger partial charge in [0.1, 0.15) is 17.4 Å². The van der Waals surface area contributed by atoms with Crippen LogP contribution in [-0.2, 0) is 9.59 Å². The molecule has 0 aliphatic heterocycles. The number of carbonyl (C=O) groups is 2. The highest BCUT2D eigenvalue weighted by molar-refractivity contribution is 9.10. The number of halogens is 1. The Hall–Kier alpha value is -3.89. The molecule has 0 saturated heterocycles. The predicted octanol–water partition coefficient (Wildman–Crippen LogP) is 5.32. The molecule has 160 valence electrons. The van der Waals surface area contributed by atoms with E-state index in [9.17, 15) is 14.9 Å². The first-order valence-electron chi connectivity index (χ1n) is 9.71. The maximum atomic E-state index is 12.4. The maximum absolute atomic E-state index is 12.4. The molecule has 0 saturated carbocycles. The number of nitrogens with zero attached hydrogens (tertiary/aromatic N) is 1. The molecule has 3 aromatic rings. The Morgan fingerprint density at radius 2 is 1.69 bits per heavy atom. The number of amides is 2. The van der Waals surface area contributed by atoms with E-state index in [4.69, 9.17) is 4.74 Å². The van der Waals surface area contributed by atoms with Crippen LogP contribution in [0, 0.1) is 18.3 Å². The van der Waals surface area contributed by atoms with Crippen LogP contribution in [0.15, 0.2) is 82.8 Å². The number of hydrogen-bond donors (Lipinski definition) is 2. The van der Waals surface area contributed by atoms with Crippen LogP contribution in [0.4, 0.5) is 11.4 Å². The highest BCUT2D eigenvalue weighted by Crippen LogP contribution is 2.18. The summed E-state index contributed by atoms with van der Waals surface area (Å²) >= 11 is 3.34. The molecule has 0 atom stereocenters. The number of hydrogen-bond acceptors (Lipinski definition) is 4. The number of para-hydroxylation sites is 1. The Balaban J connectivity index is 1.57. The van der Waals surface area contributed by atoms with Crippen molar-refractivity contribution in [1.29, 1.82) is 5.26 Å². The van der Waals surface area contributed by atoms with Gasteiger partial charge < -0.3 is 15.4 Å². The fraction of sp³-hybridized carbons (Fsp3) is 0.0800. The summed E-state index contributed by atoms with van der Waals surface area (Å²) in [6.07, 6.45) is 1.50. The largest absolute Gasteiger partial charge is 0.484 e. The average Bonchev–Trinajstić information content (AvgIpc) is 2.80. The molecule has 32 heavy (non-hydrogen) atoms. The molecule has 0 unspecified atom stereocenters. The Morgan fingerprint density at radius 3 is 2.34 bits per heavy atom. The Labute approximate surface area is 194 Å². The molecule has 3 aromatic carbocycles. The predicted molar refractivity (Wildman–Crippen MR) is 128 cm³/mol. The van der Waals surface area contributed by atoms with Crippen molar-refractivity contribution >= 4 is 45.2 Å². The minimum Gasteiger partial charge on any atom is -0.484 e. The highest BCUT2D eigenvalue weighted by atomic mass is 79.9. The molecule has 7 heteroatoms. The first kappa shape index (κ1) is 22.8. The molecule has 0 bridgehead atoms. The molecule has 0 spiro atoms. The third-order valence-electron chi connectivity index (χ3n) is 4.45. The van der Waals surface area contributed by atoms with Gasteiger partial charge in [0.2, 0.25) is 0 Å². The fourth-order valence-corrected chi connectivity index (χ4v) is 3.02. The summed E-state index contributed by atoms with van der Waals surface area (Å²) in [6.45, 7) is 1.73. The number of rotatable bonds is 7. The van der Waals surface area contributed by atoms with Crippen molar-refractivity contribution in [3.63, 3.8) is 0 Å². The molecular weight excluding hydrogens is 470 g/mol. The van der Waals surface area contributed by atoms with Crippen molar-refractivity contribution in [2.75, 3.05) is 17.2 Å². The second-order valence-electron chi connectivity index (χ2n) is 6.85. The van der Waals surface area contributed by atoms with Gasteiger partial charge in [-0.15, -0.1) is 0 Å². The van der Waals surface area contributed by atoms with E-state index in [-0.39, 0.29) is 18.1 Å². The zero-order chi connectivity index (χ0) is 22.9. The van der Waals surface area contributed by atoms with Crippen molar-refractivity contribution in [2.24, 2.45) is 0 Å². The van der Waals surface area contributed by atoms with Crippen LogP contribution in [0.25, 0.3) is 6.08 Å². The minimum atomic E-state index is -0.480. The monoisotopic (exact) mass is 489 g/mol. The number of anilines is 2. The van der Waals surface area contributed by atoms with E-state index in [1.54, 1.807) is 42.5 Å². The molecule has 0 aliphatic carbocycles. The lowest BCUT2D eigenvalue weighted by molar-refractivity contribution is -0.118. The van der Waals surface area contributed by atoms with E-state index >= 15 is 0 Å². The number of benzene rings is 3. The molecule has 2 amide bonds. The van der Waals surface area contributed by atoms with Crippen LogP contribution in [-0.4, -0.2) is 18.4 Å². The summed E-state index contributed by atoms with van der Waals surface area (Å²) in [5.41, 5.74) is 2.88. The summed E-state index contributed by atoms with van der Waals surface area (Å²) < 4.78 is 6.43. The Morgan fingerprint density at radius 1 is 1.00 bits per heavy atom. The first-order valence-corrected chi connectivity index (χ1v) is 10.5. The minimum absolute atomic E-state index is 0.0178. The molecule has 2 N–H and O–H groups in total. The Kier molecular flexibility index (Phi) is 7.79. The molecule has 0 aromatic heterocycles. The van der Waals surface area contributed by atoms with Gasteiger partial charge in [-0.05, 0) is 66.6 Å². The van der Waals surface area contributed by atoms with Gasteiger partial charge >= 0.3 is 0 Å². The van der Waals surface area contributed by atoms with E-state index in [0.29, 0.717) is 22.7 Å². The lowest BCUT2D eigenvalue weighted by Gasteiger charge is -2.08. The quantitative estimate of drug-likeness (QED) is 0.347. The zero-order valence-corrected chi connectivity index (χ0v) is 18.8. The van der Waals surface area contributed by atoms with E-state index in [2.05, 4.69) is 26.6 Å². The van der Waals surface area contributed by atoms with Crippen molar-refractivity contribution in [3.8, 4) is 11.8 Å². The smallest absolute Gasteiger partial charge is 0.266 e. The summed E-state index contributed by atoms with van der Waals surface area (Å²) in [4.78, 5) is 24.5. The van der Waals surface area contributed by atoms with Crippen LogP contribution in [0.3, 0.4) is 0 Å². The summed E-state index contributed by atoms with van der Waals surface area (Å²) in [5, 5.41) is 14.9. The highest BCUT2D eigenvalue weighted by Gasteiger charge is 2.11. The molecule has 0 fully saturated rings. The van der Waals surface area contributed by atoms with Crippen molar-refractivity contribution in [1.82, 2.24) is 0 Å². The van der Waals surface area contributed by atoms with Crippen LogP contribution in [0.1, 0.15) is 11.1 Å². The van der Waals surface area contributed by atoms with Crippen LogP contribution in [0.5, 0.6) is 5.75 Å². The second-order valence-corrected chi connectivity index (χ2v) is 7.77. The maximum Gasteiger partial charge on any atom is 0.266 e. The van der Waals surface area contributed by atoms with Crippen LogP contribution in [0.2, 0.25) is 0 Å². The number of carbonyl (C=O) groups excluding carboxylic acids is 2. The average molecular weight is 490 g/mol. The molecule has 0 heterocycles. The SMILES string of the molecule is Cc1ccccc1NC(=O)/C(C#N)=C/c1ccc(OCC(=O)Nc2ccc(Br)cc2)cc1. The van der Waals surface area contributed by atoms with Gasteiger partial charge in [0.05, 0.1) is 0 Å². The number of nitriles is 1. The first-order chi connectivity index (χ1) is 15.4. The van der Waals surface area contributed by atoms with Crippen molar-refractivity contribution < 1.29 is 14.3 Å². The van der Waals surface area contributed by atoms with Crippen LogP contribution >= 0.6 is 15.9 Å². The molecule has 0 aliphatic rings. The second kappa shape index (κ2) is 10.9. The zero-order valence-electron chi connectivity index (χ0n) is 17.3. The van der Waals surface area contributed by atoms with Gasteiger partial charge in [0, 0.05) is 15.8 Å². The van der Waals surface area contributed by atoms with E-state index in [1.807, 2.05) is 43.3 Å². The standard InChI is InChI=1S/C25H20BrN3O3/c1-17-4-2-3-5-23(17)29-25(31)19(15-27)14-18-6-12-22(13-7-18)32-16-24(30)28-21-10-8-20(26)9-11-21/h2-14H,16H2,1H3,(H,28,30)(H,29,31)/b19-14+. The summed E-state index contributed by atoms with van der Waals surface area (Å²) in [7, 11) is 0. The summed E-state index contributed by atoms with van der Waals surface area (Å²) in [6, 6.07) is 23.3. The molecular formula is C25H20BrN3O3. The lowest BCUT2D eigenvalue weighted by Crippen LogP contribution is -2.20. The van der Waals surface area contributed by atoms with E-state index in [1.165, 1.54) is 6.08 Å². The third-order valence-corrected chi connectivity index (χ3v) is 4.98.